The standard InChI is InChI=1S/C25H18ClN3O2/c1-15-21(18-12-13-20(30)19(26)14-18)25(31)29-24(27-15)22(16-8-4-2-5-9-16)23(28-29)17-10-6-3-7-11-17/h2-14,27,30H,1H3. The fraction of sp³-hybridized carbons (Fsp3) is 0.0400. The molecule has 2 aromatic heterocycles. The van der Waals surface area contributed by atoms with Crippen LogP contribution in [0.4, 0.5) is 0 Å². The number of phenols is 1. The molecular formula is C25H18ClN3O2. The number of aromatic amines is 1. The second-order valence-corrected chi connectivity index (χ2v) is 7.72. The van der Waals surface area contributed by atoms with Crippen LogP contribution in [0.3, 0.4) is 0 Å². The van der Waals surface area contributed by atoms with Gasteiger partial charge in [0.15, 0.2) is 0 Å². The van der Waals surface area contributed by atoms with Crippen molar-refractivity contribution in [2.75, 3.05) is 0 Å². The summed E-state index contributed by atoms with van der Waals surface area (Å²) in [5, 5.41) is 14.7. The lowest BCUT2D eigenvalue weighted by Crippen LogP contribution is -2.19. The van der Waals surface area contributed by atoms with Gasteiger partial charge in [0.05, 0.1) is 16.1 Å². The van der Waals surface area contributed by atoms with Crippen molar-refractivity contribution in [1.29, 1.82) is 0 Å². The number of nitrogens with zero attached hydrogens (tertiary/aromatic N) is 2. The zero-order valence-corrected chi connectivity index (χ0v) is 17.4. The van der Waals surface area contributed by atoms with Crippen molar-refractivity contribution < 1.29 is 5.11 Å². The molecule has 0 amide bonds. The highest BCUT2D eigenvalue weighted by atomic mass is 35.5. The molecule has 0 aliphatic heterocycles. The highest BCUT2D eigenvalue weighted by molar-refractivity contribution is 6.32. The van der Waals surface area contributed by atoms with Gasteiger partial charge in [0.25, 0.3) is 5.56 Å². The number of hydrogen-bond acceptors (Lipinski definition) is 3. The van der Waals surface area contributed by atoms with Gasteiger partial charge in [-0.3, -0.25) is 4.79 Å². The highest BCUT2D eigenvalue weighted by Crippen LogP contribution is 2.35. The van der Waals surface area contributed by atoms with Crippen LogP contribution in [0.25, 0.3) is 39.2 Å². The molecule has 0 aliphatic rings. The molecule has 0 radical (unpaired) electrons. The van der Waals surface area contributed by atoms with Crippen LogP contribution in [0.5, 0.6) is 5.75 Å². The first-order valence-electron chi connectivity index (χ1n) is 9.80. The third-order valence-electron chi connectivity index (χ3n) is 5.32. The maximum Gasteiger partial charge on any atom is 0.282 e. The molecule has 3 aromatic carbocycles. The van der Waals surface area contributed by atoms with E-state index < -0.39 is 0 Å². The van der Waals surface area contributed by atoms with E-state index in [2.05, 4.69) is 4.98 Å². The Morgan fingerprint density at radius 3 is 2.16 bits per heavy atom. The van der Waals surface area contributed by atoms with E-state index in [-0.39, 0.29) is 16.3 Å². The summed E-state index contributed by atoms with van der Waals surface area (Å²) in [7, 11) is 0. The van der Waals surface area contributed by atoms with E-state index in [0.717, 1.165) is 22.4 Å². The Morgan fingerprint density at radius 2 is 1.52 bits per heavy atom. The van der Waals surface area contributed by atoms with Gasteiger partial charge in [-0.25, -0.2) is 0 Å². The van der Waals surface area contributed by atoms with E-state index in [9.17, 15) is 9.90 Å². The molecule has 31 heavy (non-hydrogen) atoms. The van der Waals surface area contributed by atoms with Crippen LogP contribution >= 0.6 is 11.6 Å². The van der Waals surface area contributed by atoms with Crippen LogP contribution in [0, 0.1) is 6.92 Å². The summed E-state index contributed by atoms with van der Waals surface area (Å²) in [6, 6.07) is 24.4. The summed E-state index contributed by atoms with van der Waals surface area (Å²) in [5.74, 6) is -0.0302. The van der Waals surface area contributed by atoms with Crippen LogP contribution in [0.2, 0.25) is 5.02 Å². The van der Waals surface area contributed by atoms with Crippen molar-refractivity contribution in [3.05, 3.63) is 99.9 Å². The van der Waals surface area contributed by atoms with Crippen LogP contribution in [0.1, 0.15) is 5.69 Å². The number of fused-ring (bicyclic) bond motifs is 1. The molecule has 5 aromatic rings. The van der Waals surface area contributed by atoms with Gasteiger partial charge in [0.2, 0.25) is 0 Å². The summed E-state index contributed by atoms with van der Waals surface area (Å²) in [4.78, 5) is 16.9. The minimum Gasteiger partial charge on any atom is -0.506 e. The first kappa shape index (κ1) is 19.2. The lowest BCUT2D eigenvalue weighted by molar-refractivity contribution is 0.475. The summed E-state index contributed by atoms with van der Waals surface area (Å²) in [6.07, 6.45) is 0. The van der Waals surface area contributed by atoms with Crippen molar-refractivity contribution in [2.45, 2.75) is 6.92 Å². The average molecular weight is 428 g/mol. The molecule has 0 unspecified atom stereocenters. The molecule has 5 rings (SSSR count). The van der Waals surface area contributed by atoms with Crippen LogP contribution in [0.15, 0.2) is 83.7 Å². The molecule has 0 saturated heterocycles. The summed E-state index contributed by atoms with van der Waals surface area (Å²) in [6.45, 7) is 1.85. The zero-order valence-electron chi connectivity index (χ0n) is 16.6. The topological polar surface area (TPSA) is 70.4 Å². The molecule has 152 valence electrons. The van der Waals surface area contributed by atoms with Gasteiger partial charge >= 0.3 is 0 Å². The first-order chi connectivity index (χ1) is 15.0. The quantitative estimate of drug-likeness (QED) is 0.388. The Hall–Kier alpha value is -3.83. The van der Waals surface area contributed by atoms with E-state index in [1.54, 1.807) is 12.1 Å². The Morgan fingerprint density at radius 1 is 0.871 bits per heavy atom. The molecule has 0 fully saturated rings. The SMILES string of the molecule is Cc1[nH]c2c(-c3ccccc3)c(-c3ccccc3)nn2c(=O)c1-c1ccc(O)c(Cl)c1. The van der Waals surface area contributed by atoms with E-state index in [1.165, 1.54) is 10.6 Å². The summed E-state index contributed by atoms with van der Waals surface area (Å²) in [5.41, 5.74) is 5.60. The predicted molar refractivity (Wildman–Crippen MR) is 124 cm³/mol. The monoisotopic (exact) mass is 427 g/mol. The van der Waals surface area contributed by atoms with Crippen molar-refractivity contribution in [1.82, 2.24) is 14.6 Å². The third-order valence-corrected chi connectivity index (χ3v) is 5.62. The van der Waals surface area contributed by atoms with E-state index in [1.807, 2.05) is 67.6 Å². The van der Waals surface area contributed by atoms with E-state index in [0.29, 0.717) is 22.5 Å². The highest BCUT2D eigenvalue weighted by Gasteiger charge is 2.21. The number of phenolic OH excluding ortho intramolecular Hbond substituents is 1. The largest absolute Gasteiger partial charge is 0.506 e. The van der Waals surface area contributed by atoms with Gasteiger partial charge in [-0.1, -0.05) is 78.3 Å². The number of nitrogens with one attached hydrogen (secondary N) is 1. The Bertz CT molecular complexity index is 1470. The molecule has 2 heterocycles. The smallest absolute Gasteiger partial charge is 0.282 e. The van der Waals surface area contributed by atoms with Crippen LogP contribution < -0.4 is 5.56 Å². The van der Waals surface area contributed by atoms with Gasteiger partial charge in [-0.2, -0.15) is 9.61 Å². The number of hydrogen-bond donors (Lipinski definition) is 2. The average Bonchev–Trinajstić information content (AvgIpc) is 3.17. The predicted octanol–water partition coefficient (Wildman–Crippen LogP) is 5.69. The number of aryl methyl sites for hydroxylation is 1. The van der Waals surface area contributed by atoms with Gasteiger partial charge in [-0.15, -0.1) is 0 Å². The minimum absolute atomic E-state index is 0.0302. The van der Waals surface area contributed by atoms with Gasteiger partial charge < -0.3 is 10.1 Å². The molecule has 0 saturated carbocycles. The maximum atomic E-state index is 13.5. The first-order valence-corrected chi connectivity index (χ1v) is 10.2. The minimum atomic E-state index is -0.257. The van der Waals surface area contributed by atoms with Crippen molar-refractivity contribution in [3.8, 4) is 39.3 Å². The van der Waals surface area contributed by atoms with E-state index in [4.69, 9.17) is 16.7 Å². The fourth-order valence-electron chi connectivity index (χ4n) is 3.87. The van der Waals surface area contributed by atoms with Crippen molar-refractivity contribution >= 4 is 17.2 Å². The molecule has 5 nitrogen and oxygen atoms in total. The summed E-state index contributed by atoms with van der Waals surface area (Å²) >= 11 is 6.09. The molecule has 0 bridgehead atoms. The Labute approximate surface area is 183 Å². The zero-order chi connectivity index (χ0) is 21.5. The number of aromatic hydroxyl groups is 1. The normalized spacial score (nSPS) is 11.2. The van der Waals surface area contributed by atoms with Gasteiger partial charge in [-0.05, 0) is 30.2 Å². The fourth-order valence-corrected chi connectivity index (χ4v) is 4.05. The second-order valence-electron chi connectivity index (χ2n) is 7.31. The van der Waals surface area contributed by atoms with E-state index >= 15 is 0 Å². The van der Waals surface area contributed by atoms with Gasteiger partial charge in [0, 0.05) is 11.3 Å². The number of rotatable bonds is 3. The Kier molecular flexibility index (Phi) is 4.60. The van der Waals surface area contributed by atoms with Crippen LogP contribution in [-0.4, -0.2) is 19.7 Å². The number of halogens is 1. The lowest BCUT2D eigenvalue weighted by Gasteiger charge is -2.09. The lowest BCUT2D eigenvalue weighted by atomic mass is 10.0. The summed E-state index contributed by atoms with van der Waals surface area (Å²) < 4.78 is 1.41. The number of benzene rings is 3. The molecule has 0 aliphatic carbocycles. The molecule has 0 spiro atoms. The molecule has 6 heteroatoms. The third kappa shape index (κ3) is 3.20. The number of aromatic nitrogens is 3. The van der Waals surface area contributed by atoms with Crippen LogP contribution in [-0.2, 0) is 0 Å². The van der Waals surface area contributed by atoms with Gasteiger partial charge in [0.1, 0.15) is 17.1 Å². The Balaban J connectivity index is 1.86. The molecular weight excluding hydrogens is 410 g/mol. The van der Waals surface area contributed by atoms with Crippen molar-refractivity contribution in [2.24, 2.45) is 0 Å². The second kappa shape index (κ2) is 7.45. The molecule has 0 atom stereocenters. The van der Waals surface area contributed by atoms with Crippen molar-refractivity contribution in [3.63, 3.8) is 0 Å². The molecule has 2 N–H and O–H groups in total. The number of H-pyrrole nitrogens is 1. The maximum absolute atomic E-state index is 13.5.